The van der Waals surface area contributed by atoms with Crippen molar-refractivity contribution in [1.29, 1.82) is 0 Å². The summed E-state index contributed by atoms with van der Waals surface area (Å²) in [6.07, 6.45) is 4.51. The third-order valence-corrected chi connectivity index (χ3v) is 7.01. The predicted molar refractivity (Wildman–Crippen MR) is 152 cm³/mol. The quantitative estimate of drug-likeness (QED) is 0.376. The maximum absolute atomic E-state index is 15.2. The number of amides is 4. The summed E-state index contributed by atoms with van der Waals surface area (Å²) in [7, 11) is 0. The number of hydrogen-bond donors (Lipinski definition) is 2. The number of ether oxygens (including phenoxy) is 2. The first-order valence-electron chi connectivity index (χ1n) is 14.0. The van der Waals surface area contributed by atoms with Gasteiger partial charge in [-0.25, -0.2) is 19.0 Å². The van der Waals surface area contributed by atoms with E-state index >= 15 is 4.39 Å². The molecule has 0 unspecified atom stereocenters. The lowest BCUT2D eigenvalue weighted by molar-refractivity contribution is -0.130. The molecule has 5 rings (SSSR count). The van der Waals surface area contributed by atoms with Crippen LogP contribution in [0, 0.1) is 11.7 Å². The van der Waals surface area contributed by atoms with Gasteiger partial charge < -0.3 is 34.3 Å². The molecule has 1 atom stereocenters. The molecule has 4 heterocycles. The highest BCUT2D eigenvalue weighted by molar-refractivity contribution is 5.95. The Morgan fingerprint density at radius 2 is 1.95 bits per heavy atom. The van der Waals surface area contributed by atoms with Gasteiger partial charge in [0.2, 0.25) is 5.91 Å². The molecule has 2 saturated heterocycles. The van der Waals surface area contributed by atoms with Crippen molar-refractivity contribution in [2.24, 2.45) is 5.92 Å². The number of carbonyl (C=O) groups excluding carboxylic acids is 4. The molecule has 0 saturated carbocycles. The second-order valence-electron chi connectivity index (χ2n) is 10.6. The number of imidazole rings is 1. The topological polar surface area (TPSA) is 151 Å². The molecule has 3 aromatic rings. The van der Waals surface area contributed by atoms with E-state index in [0.29, 0.717) is 43.2 Å². The summed E-state index contributed by atoms with van der Waals surface area (Å²) >= 11 is 0. The number of nitrogens with zero attached hydrogens (tertiary/aromatic N) is 6. The van der Waals surface area contributed by atoms with E-state index in [1.165, 1.54) is 17.2 Å². The normalized spacial score (nSPS) is 16.9. The fourth-order valence-electron chi connectivity index (χ4n) is 4.76. The summed E-state index contributed by atoms with van der Waals surface area (Å²) in [5.41, 5.74) is 1.39. The van der Waals surface area contributed by atoms with Crippen molar-refractivity contribution < 1.29 is 33.0 Å². The van der Waals surface area contributed by atoms with Crippen LogP contribution in [-0.2, 0) is 14.3 Å². The molecule has 15 heteroatoms. The first-order chi connectivity index (χ1) is 20.7. The number of nitrogens with one attached hydrogen (secondary N) is 2. The number of anilines is 2. The molecule has 2 fully saturated rings. The number of cyclic esters (lactones) is 1. The number of rotatable bonds is 9. The molecule has 0 aliphatic carbocycles. The van der Waals surface area contributed by atoms with Crippen molar-refractivity contribution in [2.75, 3.05) is 62.2 Å². The van der Waals surface area contributed by atoms with Gasteiger partial charge in [0.25, 0.3) is 5.91 Å². The SMILES string of the molecule is CC(C)COC(=O)NC[C@H]1CN(c2ccc(N3CCN(C(=O)CNC(=O)c4cn5ccncc5n4)CC3)c(F)c2)C(=O)O1. The van der Waals surface area contributed by atoms with E-state index in [4.69, 9.17) is 9.47 Å². The molecule has 2 aromatic heterocycles. The van der Waals surface area contributed by atoms with Crippen LogP contribution in [0.4, 0.5) is 25.4 Å². The van der Waals surface area contributed by atoms with Gasteiger partial charge in [-0.2, -0.15) is 0 Å². The summed E-state index contributed by atoms with van der Waals surface area (Å²) in [6.45, 7) is 5.64. The average molecular weight is 597 g/mol. The van der Waals surface area contributed by atoms with Crippen molar-refractivity contribution in [2.45, 2.75) is 20.0 Å². The van der Waals surface area contributed by atoms with E-state index in [9.17, 15) is 19.2 Å². The summed E-state index contributed by atoms with van der Waals surface area (Å²) in [4.78, 5) is 62.3. The Balaban J connectivity index is 1.08. The predicted octanol–water partition coefficient (Wildman–Crippen LogP) is 1.65. The Bertz CT molecular complexity index is 1470. The zero-order chi connectivity index (χ0) is 30.5. The Labute approximate surface area is 246 Å². The third-order valence-electron chi connectivity index (χ3n) is 7.01. The molecule has 228 valence electrons. The molecular weight excluding hydrogens is 563 g/mol. The number of hydrogen-bond acceptors (Lipinski definition) is 9. The molecule has 43 heavy (non-hydrogen) atoms. The second-order valence-corrected chi connectivity index (χ2v) is 10.6. The molecular formula is C28H33FN8O6. The van der Waals surface area contributed by atoms with Gasteiger partial charge in [-0.1, -0.05) is 13.8 Å². The third kappa shape index (κ3) is 7.10. The number of carbonyl (C=O) groups is 4. The van der Waals surface area contributed by atoms with Crippen LogP contribution in [0.5, 0.6) is 0 Å². The average Bonchev–Trinajstić information content (AvgIpc) is 3.61. The van der Waals surface area contributed by atoms with E-state index in [1.54, 1.807) is 40.0 Å². The van der Waals surface area contributed by atoms with Gasteiger partial charge in [-0.15, -0.1) is 0 Å². The Hall–Kier alpha value is -4.95. The van der Waals surface area contributed by atoms with E-state index in [0.717, 1.165) is 0 Å². The van der Waals surface area contributed by atoms with Crippen LogP contribution in [-0.4, -0.2) is 102 Å². The minimum absolute atomic E-state index is 0.0741. The fraction of sp³-hybridized carbons (Fsp3) is 0.429. The van der Waals surface area contributed by atoms with Crippen LogP contribution in [0.3, 0.4) is 0 Å². The van der Waals surface area contributed by atoms with Gasteiger partial charge in [0, 0.05) is 44.8 Å². The Morgan fingerprint density at radius 3 is 2.67 bits per heavy atom. The van der Waals surface area contributed by atoms with Gasteiger partial charge >= 0.3 is 12.2 Å². The first-order valence-corrected chi connectivity index (χ1v) is 14.0. The van der Waals surface area contributed by atoms with Gasteiger partial charge in [-0.05, 0) is 24.1 Å². The van der Waals surface area contributed by atoms with Crippen molar-refractivity contribution >= 4 is 41.0 Å². The fourth-order valence-corrected chi connectivity index (χ4v) is 4.76. The van der Waals surface area contributed by atoms with Crippen molar-refractivity contribution in [3.8, 4) is 0 Å². The molecule has 4 amide bonds. The molecule has 2 aliphatic rings. The van der Waals surface area contributed by atoms with E-state index in [-0.39, 0.29) is 43.8 Å². The van der Waals surface area contributed by atoms with Gasteiger partial charge in [-0.3, -0.25) is 19.5 Å². The highest BCUT2D eigenvalue weighted by atomic mass is 19.1. The second kappa shape index (κ2) is 12.9. The molecule has 1 aromatic carbocycles. The van der Waals surface area contributed by atoms with Crippen LogP contribution < -0.4 is 20.4 Å². The summed E-state index contributed by atoms with van der Waals surface area (Å²) in [5, 5.41) is 5.18. The highest BCUT2D eigenvalue weighted by Gasteiger charge is 2.33. The lowest BCUT2D eigenvalue weighted by Crippen LogP contribution is -2.51. The van der Waals surface area contributed by atoms with Crippen LogP contribution in [0.25, 0.3) is 5.65 Å². The molecule has 14 nitrogen and oxygen atoms in total. The van der Waals surface area contributed by atoms with Crippen LogP contribution in [0.15, 0.2) is 43.0 Å². The monoisotopic (exact) mass is 596 g/mol. The number of aromatic nitrogens is 3. The zero-order valence-electron chi connectivity index (χ0n) is 23.9. The van der Waals surface area contributed by atoms with Crippen LogP contribution in [0.2, 0.25) is 0 Å². The van der Waals surface area contributed by atoms with Gasteiger partial charge in [0.1, 0.15) is 17.6 Å². The van der Waals surface area contributed by atoms with Gasteiger partial charge in [0.15, 0.2) is 5.65 Å². The van der Waals surface area contributed by atoms with Gasteiger partial charge in [0.05, 0.1) is 43.8 Å². The lowest BCUT2D eigenvalue weighted by atomic mass is 10.2. The maximum atomic E-state index is 15.2. The highest BCUT2D eigenvalue weighted by Crippen LogP contribution is 2.28. The smallest absolute Gasteiger partial charge is 0.414 e. The largest absolute Gasteiger partial charge is 0.449 e. The summed E-state index contributed by atoms with van der Waals surface area (Å²) in [5.74, 6) is -1.03. The molecule has 0 bridgehead atoms. The van der Waals surface area contributed by atoms with E-state index in [1.807, 2.05) is 18.7 Å². The Kier molecular flexibility index (Phi) is 8.87. The van der Waals surface area contributed by atoms with Crippen molar-refractivity contribution in [1.82, 2.24) is 29.9 Å². The molecule has 2 aliphatic heterocycles. The Morgan fingerprint density at radius 1 is 1.16 bits per heavy atom. The number of fused-ring (bicyclic) bond motifs is 1. The van der Waals surface area contributed by atoms with E-state index in [2.05, 4.69) is 20.6 Å². The summed E-state index contributed by atoms with van der Waals surface area (Å²) in [6, 6.07) is 4.50. The van der Waals surface area contributed by atoms with Crippen LogP contribution in [0.1, 0.15) is 24.3 Å². The number of benzene rings is 1. The van der Waals surface area contributed by atoms with E-state index < -0.39 is 30.0 Å². The molecule has 2 N–H and O–H groups in total. The minimum Gasteiger partial charge on any atom is -0.449 e. The number of halogens is 1. The van der Waals surface area contributed by atoms with Crippen molar-refractivity contribution in [3.05, 3.63) is 54.5 Å². The molecule has 0 spiro atoms. The standard InChI is InChI=1S/C28H33FN8O6/c1-18(2)17-42-27(40)32-12-20-15-37(28(41)43-20)19-3-4-23(21(29)11-19)34-7-9-35(10-8-34)25(38)14-31-26(39)22-16-36-6-5-30-13-24(36)33-22/h3-6,11,13,16,18,20H,7-10,12,14-15,17H2,1-2H3,(H,31,39)(H,32,40)/t20-/m0/s1. The number of piperazine rings is 1. The number of alkyl carbamates (subject to hydrolysis) is 1. The molecule has 0 radical (unpaired) electrons. The summed E-state index contributed by atoms with van der Waals surface area (Å²) < 4.78 is 27.2. The maximum Gasteiger partial charge on any atom is 0.414 e. The van der Waals surface area contributed by atoms with Crippen LogP contribution >= 0.6 is 0 Å². The lowest BCUT2D eigenvalue weighted by Gasteiger charge is -2.36. The minimum atomic E-state index is -0.632. The van der Waals surface area contributed by atoms with Crippen molar-refractivity contribution in [3.63, 3.8) is 0 Å². The zero-order valence-corrected chi connectivity index (χ0v) is 23.9. The first kappa shape index (κ1) is 29.5.